The van der Waals surface area contributed by atoms with Crippen LogP contribution in [0.3, 0.4) is 0 Å². The van der Waals surface area contributed by atoms with Crippen LogP contribution in [0.1, 0.15) is 34.7 Å². The molecule has 114 valence electrons. The number of carbonyl (C=O) groups excluding carboxylic acids is 1. The third-order valence-electron chi connectivity index (χ3n) is 3.36. The number of Topliss-reactive ketones (excluding diaryl/α,β-unsaturated/α-hetero) is 1. The first kappa shape index (κ1) is 16.7. The van der Waals surface area contributed by atoms with Crippen LogP contribution in [0.2, 0.25) is 5.02 Å². The van der Waals surface area contributed by atoms with Crippen LogP contribution in [-0.4, -0.2) is 16.9 Å². The van der Waals surface area contributed by atoms with E-state index in [2.05, 4.69) is 15.9 Å². The van der Waals surface area contributed by atoms with E-state index in [-0.39, 0.29) is 18.6 Å². The van der Waals surface area contributed by atoms with Gasteiger partial charge in [-0.2, -0.15) is 0 Å². The second-order valence-electron chi connectivity index (χ2n) is 4.91. The molecule has 0 saturated carbocycles. The molecule has 0 saturated heterocycles. The van der Waals surface area contributed by atoms with Crippen LogP contribution < -0.4 is 0 Å². The zero-order valence-corrected chi connectivity index (χ0v) is 14.0. The Morgan fingerprint density at radius 1 is 1.05 bits per heavy atom. The summed E-state index contributed by atoms with van der Waals surface area (Å²) in [6.07, 6.45) is 0.196. The Balaban J connectivity index is 2.30. The van der Waals surface area contributed by atoms with Gasteiger partial charge in [-0.05, 0) is 36.2 Å². The number of ketones is 1. The molecule has 1 unspecified atom stereocenters. The van der Waals surface area contributed by atoms with E-state index in [1.807, 2.05) is 0 Å². The smallest absolute Gasteiger partial charge is 0.303 e. The van der Waals surface area contributed by atoms with Gasteiger partial charge in [-0.3, -0.25) is 9.59 Å². The summed E-state index contributed by atoms with van der Waals surface area (Å²) in [4.78, 5) is 23.6. The predicted molar refractivity (Wildman–Crippen MR) is 89.5 cm³/mol. The highest BCUT2D eigenvalue weighted by Crippen LogP contribution is 2.27. The average molecular weight is 382 g/mol. The molecule has 1 atom stereocenters. The lowest BCUT2D eigenvalue weighted by Gasteiger charge is -2.16. The summed E-state index contributed by atoms with van der Waals surface area (Å²) in [6, 6.07) is 14.0. The van der Waals surface area contributed by atoms with E-state index in [0.717, 1.165) is 10.0 Å². The zero-order valence-electron chi connectivity index (χ0n) is 11.6. The molecule has 5 heteroatoms. The lowest BCUT2D eigenvalue weighted by Crippen LogP contribution is -2.14. The highest BCUT2D eigenvalue weighted by atomic mass is 79.9. The van der Waals surface area contributed by atoms with Gasteiger partial charge in [0.05, 0.1) is 0 Å². The number of rotatable bonds is 6. The summed E-state index contributed by atoms with van der Waals surface area (Å²) in [6.45, 7) is 0. The third kappa shape index (κ3) is 4.42. The van der Waals surface area contributed by atoms with Crippen molar-refractivity contribution in [1.29, 1.82) is 0 Å². The zero-order chi connectivity index (χ0) is 16.1. The summed E-state index contributed by atoms with van der Waals surface area (Å²) >= 11 is 9.20. The van der Waals surface area contributed by atoms with E-state index in [1.54, 1.807) is 48.5 Å². The first-order chi connectivity index (χ1) is 10.5. The number of hydrogen-bond acceptors (Lipinski definition) is 2. The highest BCUT2D eigenvalue weighted by molar-refractivity contribution is 9.10. The van der Waals surface area contributed by atoms with E-state index in [9.17, 15) is 9.59 Å². The van der Waals surface area contributed by atoms with Gasteiger partial charge in [-0.25, -0.2) is 0 Å². The minimum absolute atomic E-state index is 0.0600. The Morgan fingerprint density at radius 2 is 1.64 bits per heavy atom. The summed E-state index contributed by atoms with van der Waals surface area (Å²) in [5, 5.41) is 9.48. The Kier molecular flexibility index (Phi) is 5.75. The Bertz CT molecular complexity index is 665. The molecule has 2 aromatic carbocycles. The molecular formula is C17H14BrClO3. The maximum Gasteiger partial charge on any atom is 0.303 e. The summed E-state index contributed by atoms with van der Waals surface area (Å²) in [7, 11) is 0. The molecule has 0 amide bonds. The van der Waals surface area contributed by atoms with Crippen molar-refractivity contribution in [2.75, 3.05) is 0 Å². The second-order valence-corrected chi connectivity index (χ2v) is 6.26. The van der Waals surface area contributed by atoms with Gasteiger partial charge in [0.2, 0.25) is 0 Å². The van der Waals surface area contributed by atoms with E-state index < -0.39 is 11.9 Å². The molecule has 0 radical (unpaired) electrons. The molecule has 2 aromatic rings. The maximum absolute atomic E-state index is 12.7. The molecular weight excluding hydrogens is 368 g/mol. The van der Waals surface area contributed by atoms with Gasteiger partial charge >= 0.3 is 5.97 Å². The SMILES string of the molecule is O=C(O)CCC(C(=O)c1ccc(Br)cc1)c1ccc(Cl)cc1. The molecule has 0 heterocycles. The number of benzene rings is 2. The van der Waals surface area contributed by atoms with Gasteiger partial charge in [0.25, 0.3) is 0 Å². The summed E-state index contributed by atoms with van der Waals surface area (Å²) in [5.41, 5.74) is 1.34. The van der Waals surface area contributed by atoms with Gasteiger partial charge in [0.1, 0.15) is 0 Å². The van der Waals surface area contributed by atoms with Crippen molar-refractivity contribution in [2.24, 2.45) is 0 Å². The van der Waals surface area contributed by atoms with Crippen LogP contribution in [-0.2, 0) is 4.79 Å². The Labute approximate surface area is 142 Å². The highest BCUT2D eigenvalue weighted by Gasteiger charge is 2.23. The summed E-state index contributed by atoms with van der Waals surface area (Å²) in [5.74, 6) is -1.49. The molecule has 22 heavy (non-hydrogen) atoms. The van der Waals surface area contributed by atoms with E-state index in [0.29, 0.717) is 10.6 Å². The van der Waals surface area contributed by atoms with E-state index in [1.165, 1.54) is 0 Å². The van der Waals surface area contributed by atoms with Gasteiger partial charge in [-0.1, -0.05) is 51.8 Å². The van der Waals surface area contributed by atoms with Gasteiger partial charge in [0, 0.05) is 27.4 Å². The molecule has 0 bridgehead atoms. The fraction of sp³-hybridized carbons (Fsp3) is 0.176. The van der Waals surface area contributed by atoms with E-state index >= 15 is 0 Å². The largest absolute Gasteiger partial charge is 0.481 e. The van der Waals surface area contributed by atoms with Crippen molar-refractivity contribution in [3.8, 4) is 0 Å². The lowest BCUT2D eigenvalue weighted by atomic mass is 9.87. The molecule has 1 N–H and O–H groups in total. The molecule has 0 spiro atoms. The van der Waals surface area contributed by atoms with Crippen molar-refractivity contribution < 1.29 is 14.7 Å². The van der Waals surface area contributed by atoms with Crippen LogP contribution in [0.4, 0.5) is 0 Å². The van der Waals surface area contributed by atoms with Crippen LogP contribution in [0.25, 0.3) is 0 Å². The topological polar surface area (TPSA) is 54.4 Å². The predicted octanol–water partition coefficient (Wildman–Crippen LogP) is 4.93. The fourth-order valence-electron chi connectivity index (χ4n) is 2.23. The first-order valence-corrected chi connectivity index (χ1v) is 7.91. The Morgan fingerprint density at radius 3 is 2.18 bits per heavy atom. The number of carboxylic acid groups (broad SMARTS) is 1. The maximum atomic E-state index is 12.7. The number of hydrogen-bond donors (Lipinski definition) is 1. The average Bonchev–Trinajstić information content (AvgIpc) is 2.49. The Hall–Kier alpha value is -1.65. The van der Waals surface area contributed by atoms with Gasteiger partial charge < -0.3 is 5.11 Å². The van der Waals surface area contributed by atoms with Crippen molar-refractivity contribution in [3.05, 3.63) is 69.2 Å². The normalized spacial score (nSPS) is 11.9. The van der Waals surface area contributed by atoms with Gasteiger partial charge in [0.15, 0.2) is 5.78 Å². The molecule has 0 aromatic heterocycles. The second kappa shape index (κ2) is 7.56. The molecule has 3 nitrogen and oxygen atoms in total. The number of carboxylic acids is 1. The molecule has 0 aliphatic rings. The number of carbonyl (C=O) groups is 2. The molecule has 0 fully saturated rings. The molecule has 0 aliphatic heterocycles. The monoisotopic (exact) mass is 380 g/mol. The first-order valence-electron chi connectivity index (χ1n) is 6.74. The minimum atomic E-state index is -0.914. The number of aliphatic carboxylic acids is 1. The van der Waals surface area contributed by atoms with Crippen LogP contribution in [0.5, 0.6) is 0 Å². The quantitative estimate of drug-likeness (QED) is 0.722. The standard InChI is InChI=1S/C17H14BrClO3/c18-13-5-1-12(2-6-13)17(22)15(9-10-16(20)21)11-3-7-14(19)8-4-11/h1-8,15H,9-10H2,(H,20,21). The van der Waals surface area contributed by atoms with Crippen molar-refractivity contribution >= 4 is 39.3 Å². The minimum Gasteiger partial charge on any atom is -0.481 e. The molecule has 0 aliphatic carbocycles. The number of halogens is 2. The summed E-state index contributed by atoms with van der Waals surface area (Å²) < 4.78 is 0.887. The van der Waals surface area contributed by atoms with Crippen molar-refractivity contribution in [1.82, 2.24) is 0 Å². The van der Waals surface area contributed by atoms with Crippen LogP contribution >= 0.6 is 27.5 Å². The fourth-order valence-corrected chi connectivity index (χ4v) is 2.62. The van der Waals surface area contributed by atoms with Crippen molar-refractivity contribution in [3.63, 3.8) is 0 Å². The third-order valence-corrected chi connectivity index (χ3v) is 4.15. The van der Waals surface area contributed by atoms with Crippen LogP contribution in [0.15, 0.2) is 53.0 Å². The van der Waals surface area contributed by atoms with E-state index in [4.69, 9.17) is 16.7 Å². The van der Waals surface area contributed by atoms with Crippen LogP contribution in [0, 0.1) is 0 Å². The van der Waals surface area contributed by atoms with Crippen molar-refractivity contribution in [2.45, 2.75) is 18.8 Å². The molecule has 2 rings (SSSR count). The van der Waals surface area contributed by atoms with Gasteiger partial charge in [-0.15, -0.1) is 0 Å². The lowest BCUT2D eigenvalue weighted by molar-refractivity contribution is -0.137.